The first-order valence-electron chi connectivity index (χ1n) is 13.3. The van der Waals surface area contributed by atoms with Crippen LogP contribution in [0.15, 0.2) is 119 Å². The average molecular weight is 542 g/mol. The summed E-state index contributed by atoms with van der Waals surface area (Å²) in [4.78, 5) is 14.7. The fraction of sp³-hybridized carbons (Fsp3) is 0.0571. The highest BCUT2D eigenvalue weighted by molar-refractivity contribution is 5.94. The van der Waals surface area contributed by atoms with Crippen molar-refractivity contribution < 1.29 is 17.9 Å². The van der Waals surface area contributed by atoms with Crippen LogP contribution in [0.2, 0.25) is 0 Å². The van der Waals surface area contributed by atoms with Gasteiger partial charge in [-0.2, -0.15) is 0 Å². The molecule has 8 rings (SSSR count). The van der Waals surface area contributed by atoms with E-state index in [1.54, 1.807) is 18.2 Å². The molecule has 41 heavy (non-hydrogen) atoms. The molecule has 2 aliphatic heterocycles. The van der Waals surface area contributed by atoms with Gasteiger partial charge in [0, 0.05) is 16.8 Å². The minimum Gasteiger partial charge on any atom is -0.457 e. The molecular weight excluding hydrogens is 520 g/mol. The Kier molecular flexibility index (Phi) is 4.83. The highest BCUT2D eigenvalue weighted by atomic mass is 19.1. The summed E-state index contributed by atoms with van der Waals surface area (Å²) in [6.07, 6.45) is 1.45. The maximum atomic E-state index is 15.3. The SMILES string of the molecule is Cc1coc(=O)c2cc(N3c4ccc(F)cc4C4(c5ccccc5Oc5ccccc54)c4cc(F)ccc43)ccc12. The molecule has 2 aliphatic rings. The predicted molar refractivity (Wildman–Crippen MR) is 154 cm³/mol. The van der Waals surface area contributed by atoms with Gasteiger partial charge in [-0.3, -0.25) is 0 Å². The number of hydrogen-bond donors (Lipinski definition) is 0. The van der Waals surface area contributed by atoms with Crippen LogP contribution in [-0.4, -0.2) is 0 Å². The van der Waals surface area contributed by atoms with E-state index in [-0.39, 0.29) is 0 Å². The lowest BCUT2D eigenvalue weighted by atomic mass is 9.61. The summed E-state index contributed by atoms with van der Waals surface area (Å²) in [5, 5.41) is 1.21. The van der Waals surface area contributed by atoms with Gasteiger partial charge in [-0.15, -0.1) is 0 Å². The lowest BCUT2D eigenvalue weighted by Crippen LogP contribution is -2.40. The maximum absolute atomic E-state index is 15.3. The summed E-state index contributed by atoms with van der Waals surface area (Å²) in [6, 6.07) is 30.2. The van der Waals surface area contributed by atoms with Gasteiger partial charge in [0.2, 0.25) is 0 Å². The predicted octanol–water partition coefficient (Wildman–Crippen LogP) is 8.65. The lowest BCUT2D eigenvalue weighted by Gasteiger charge is -2.48. The van der Waals surface area contributed by atoms with Crippen LogP contribution in [0, 0.1) is 18.6 Å². The van der Waals surface area contributed by atoms with E-state index in [1.807, 2.05) is 72.5 Å². The highest BCUT2D eigenvalue weighted by Crippen LogP contribution is 2.62. The Hall–Kier alpha value is -5.23. The number of ether oxygens (including phenoxy) is 1. The van der Waals surface area contributed by atoms with Gasteiger partial charge in [-0.25, -0.2) is 13.6 Å². The first-order valence-corrected chi connectivity index (χ1v) is 13.3. The van der Waals surface area contributed by atoms with E-state index in [1.165, 1.54) is 30.5 Å². The van der Waals surface area contributed by atoms with E-state index in [2.05, 4.69) is 0 Å². The van der Waals surface area contributed by atoms with Crippen molar-refractivity contribution in [3.63, 3.8) is 0 Å². The topological polar surface area (TPSA) is 42.7 Å². The summed E-state index contributed by atoms with van der Waals surface area (Å²) >= 11 is 0. The molecule has 0 unspecified atom stereocenters. The van der Waals surface area contributed by atoms with Gasteiger partial charge in [0.05, 0.1) is 28.4 Å². The van der Waals surface area contributed by atoms with E-state index in [0.29, 0.717) is 45.1 Å². The zero-order valence-electron chi connectivity index (χ0n) is 21.8. The molecule has 0 aliphatic carbocycles. The molecular formula is C35H21F2NO3. The Balaban J connectivity index is 1.53. The molecule has 1 spiro atoms. The van der Waals surface area contributed by atoms with Crippen molar-refractivity contribution in [3.05, 3.63) is 159 Å². The van der Waals surface area contributed by atoms with Crippen LogP contribution in [0.5, 0.6) is 11.5 Å². The van der Waals surface area contributed by atoms with Crippen molar-refractivity contribution >= 4 is 27.8 Å². The molecule has 6 heteroatoms. The van der Waals surface area contributed by atoms with Crippen LogP contribution in [0.1, 0.15) is 27.8 Å². The van der Waals surface area contributed by atoms with Crippen LogP contribution in [0.25, 0.3) is 10.8 Å². The van der Waals surface area contributed by atoms with E-state index in [4.69, 9.17) is 9.15 Å². The number of nitrogens with zero attached hydrogens (tertiary/aromatic N) is 1. The molecule has 0 N–H and O–H groups in total. The number of fused-ring (bicyclic) bond motifs is 9. The van der Waals surface area contributed by atoms with Crippen LogP contribution in [0.4, 0.5) is 25.8 Å². The molecule has 6 aromatic rings. The van der Waals surface area contributed by atoms with Gasteiger partial charge in [0.1, 0.15) is 23.1 Å². The molecule has 0 atom stereocenters. The van der Waals surface area contributed by atoms with E-state index in [9.17, 15) is 4.79 Å². The standard InChI is InChI=1S/C35H21F2NO3/c1-20-19-40-34(39)25-18-23(12-13-24(20)25)38-30-14-10-21(36)16-28(30)35(29-17-22(37)11-15-31(29)38)26-6-2-4-8-32(26)41-33-9-5-3-7-27(33)35/h2-19H,1H3. The molecule has 3 heterocycles. The molecule has 0 fully saturated rings. The fourth-order valence-electron chi connectivity index (χ4n) is 6.59. The average Bonchev–Trinajstić information content (AvgIpc) is 2.99. The number of halogens is 2. The Morgan fingerprint density at radius 1 is 0.659 bits per heavy atom. The van der Waals surface area contributed by atoms with Gasteiger partial charge in [-0.1, -0.05) is 42.5 Å². The molecule has 5 aromatic carbocycles. The third-order valence-corrected chi connectivity index (χ3v) is 8.26. The molecule has 0 saturated carbocycles. The second-order valence-corrected chi connectivity index (χ2v) is 10.4. The van der Waals surface area contributed by atoms with Gasteiger partial charge >= 0.3 is 5.63 Å². The summed E-state index contributed by atoms with van der Waals surface area (Å²) in [5.41, 5.74) is 4.21. The second-order valence-electron chi connectivity index (χ2n) is 10.4. The molecule has 1 aromatic heterocycles. The number of hydrogen-bond acceptors (Lipinski definition) is 4. The highest BCUT2D eigenvalue weighted by Gasteiger charge is 2.51. The Bertz CT molecular complexity index is 2020. The van der Waals surface area contributed by atoms with E-state index >= 15 is 8.78 Å². The lowest BCUT2D eigenvalue weighted by molar-refractivity contribution is 0.433. The smallest absolute Gasteiger partial charge is 0.343 e. The first-order chi connectivity index (χ1) is 20.0. The number of para-hydroxylation sites is 2. The van der Waals surface area contributed by atoms with Crippen molar-refractivity contribution in [2.45, 2.75) is 12.3 Å². The van der Waals surface area contributed by atoms with Crippen molar-refractivity contribution in [2.24, 2.45) is 0 Å². The van der Waals surface area contributed by atoms with Crippen molar-refractivity contribution in [3.8, 4) is 11.5 Å². The fourth-order valence-corrected chi connectivity index (χ4v) is 6.59. The van der Waals surface area contributed by atoms with E-state index < -0.39 is 22.7 Å². The third kappa shape index (κ3) is 3.16. The Morgan fingerprint density at radius 3 is 1.85 bits per heavy atom. The normalized spacial score (nSPS) is 14.2. The first kappa shape index (κ1) is 23.6. The van der Waals surface area contributed by atoms with Gasteiger partial charge in [-0.05, 0) is 89.7 Å². The monoisotopic (exact) mass is 541 g/mol. The molecule has 0 radical (unpaired) electrons. The molecule has 0 bridgehead atoms. The number of anilines is 3. The molecule has 0 amide bonds. The maximum Gasteiger partial charge on any atom is 0.343 e. The quantitative estimate of drug-likeness (QED) is 0.209. The van der Waals surface area contributed by atoms with Crippen LogP contribution >= 0.6 is 0 Å². The third-order valence-electron chi connectivity index (χ3n) is 8.26. The van der Waals surface area contributed by atoms with Gasteiger partial charge in [0.25, 0.3) is 0 Å². The largest absolute Gasteiger partial charge is 0.457 e. The summed E-state index contributed by atoms with van der Waals surface area (Å²) in [6.45, 7) is 1.88. The number of aryl methyl sites for hydroxylation is 1. The number of rotatable bonds is 1. The molecule has 0 saturated heterocycles. The van der Waals surface area contributed by atoms with Gasteiger partial charge in [0.15, 0.2) is 0 Å². The molecule has 4 nitrogen and oxygen atoms in total. The van der Waals surface area contributed by atoms with Crippen LogP contribution in [0.3, 0.4) is 0 Å². The molecule has 198 valence electrons. The second kappa shape index (κ2) is 8.38. The van der Waals surface area contributed by atoms with Crippen molar-refractivity contribution in [2.75, 3.05) is 4.90 Å². The van der Waals surface area contributed by atoms with E-state index in [0.717, 1.165) is 22.1 Å². The number of benzene rings is 5. The van der Waals surface area contributed by atoms with Crippen LogP contribution in [-0.2, 0) is 5.41 Å². The summed E-state index contributed by atoms with van der Waals surface area (Å²) < 4.78 is 42.2. The van der Waals surface area contributed by atoms with Crippen molar-refractivity contribution in [1.82, 2.24) is 0 Å². The van der Waals surface area contributed by atoms with Crippen molar-refractivity contribution in [1.29, 1.82) is 0 Å². The minimum atomic E-state index is -1.08. The van der Waals surface area contributed by atoms with Crippen LogP contribution < -0.4 is 15.3 Å². The van der Waals surface area contributed by atoms with Gasteiger partial charge < -0.3 is 14.1 Å². The zero-order chi connectivity index (χ0) is 27.9. The summed E-state index contributed by atoms with van der Waals surface area (Å²) in [5.74, 6) is 0.394. The minimum absolute atomic E-state index is 0.417. The summed E-state index contributed by atoms with van der Waals surface area (Å²) in [7, 11) is 0. The Labute approximate surface area is 233 Å². The zero-order valence-corrected chi connectivity index (χ0v) is 21.8. The Morgan fingerprint density at radius 2 is 1.24 bits per heavy atom.